The molecule has 2 nitrogen and oxygen atoms in total. The first-order chi connectivity index (χ1) is 6.06. The lowest BCUT2D eigenvalue weighted by Gasteiger charge is -2.04. The van der Waals surface area contributed by atoms with Crippen molar-refractivity contribution in [2.45, 2.75) is 13.0 Å². The summed E-state index contributed by atoms with van der Waals surface area (Å²) in [4.78, 5) is 3.28. The van der Waals surface area contributed by atoms with Crippen LogP contribution in [0.2, 0.25) is 5.02 Å². The van der Waals surface area contributed by atoms with Gasteiger partial charge in [-0.3, -0.25) is 0 Å². The van der Waals surface area contributed by atoms with Crippen molar-refractivity contribution in [3.8, 4) is 0 Å². The number of hydrogen-bond acceptors (Lipinski definition) is 2. The van der Waals surface area contributed by atoms with E-state index in [2.05, 4.69) is 4.98 Å². The Bertz CT molecular complexity index is 319. The number of nitrogens with zero attached hydrogens (tertiary/aromatic N) is 1. The number of rotatable bonds is 2. The molecule has 1 aromatic heterocycles. The standard InChI is InChI=1S/C7H5ClF3NO/c8-5-4(9)1-3(2-13)12-6(5)7(10)11/h1,7,13H,2H2. The van der Waals surface area contributed by atoms with Gasteiger partial charge in [-0.05, 0) is 6.07 Å². The molecule has 1 aromatic rings. The van der Waals surface area contributed by atoms with E-state index in [1.807, 2.05) is 0 Å². The fraction of sp³-hybridized carbons (Fsp3) is 0.286. The molecule has 0 amide bonds. The smallest absolute Gasteiger partial charge is 0.281 e. The minimum absolute atomic E-state index is 0.169. The van der Waals surface area contributed by atoms with Gasteiger partial charge >= 0.3 is 0 Å². The van der Waals surface area contributed by atoms with Gasteiger partial charge in [-0.15, -0.1) is 0 Å². The van der Waals surface area contributed by atoms with E-state index in [1.165, 1.54) is 0 Å². The lowest BCUT2D eigenvalue weighted by atomic mass is 10.3. The van der Waals surface area contributed by atoms with E-state index in [9.17, 15) is 13.2 Å². The molecule has 0 aromatic carbocycles. The number of hydrogen-bond donors (Lipinski definition) is 1. The molecule has 1 rings (SSSR count). The van der Waals surface area contributed by atoms with Gasteiger partial charge in [0.25, 0.3) is 6.43 Å². The van der Waals surface area contributed by atoms with Crippen LogP contribution in [0.4, 0.5) is 13.2 Å². The summed E-state index contributed by atoms with van der Waals surface area (Å²) >= 11 is 5.22. The van der Waals surface area contributed by atoms with Crippen LogP contribution in [0.25, 0.3) is 0 Å². The van der Waals surface area contributed by atoms with Crippen LogP contribution in [0.15, 0.2) is 6.07 Å². The Hall–Kier alpha value is -0.810. The molecule has 0 spiro atoms. The van der Waals surface area contributed by atoms with Gasteiger partial charge in [0.1, 0.15) is 16.5 Å². The Labute approximate surface area is 77.0 Å². The van der Waals surface area contributed by atoms with E-state index in [0.29, 0.717) is 0 Å². The monoisotopic (exact) mass is 211 g/mol. The maximum Gasteiger partial charge on any atom is 0.281 e. The summed E-state index contributed by atoms with van der Waals surface area (Å²) in [6, 6.07) is 0.814. The highest BCUT2D eigenvalue weighted by molar-refractivity contribution is 6.31. The van der Waals surface area contributed by atoms with Gasteiger partial charge in [-0.25, -0.2) is 18.2 Å². The van der Waals surface area contributed by atoms with Crippen molar-refractivity contribution in [3.05, 3.63) is 28.3 Å². The predicted molar refractivity (Wildman–Crippen MR) is 40.1 cm³/mol. The van der Waals surface area contributed by atoms with Crippen LogP contribution in [0.3, 0.4) is 0 Å². The summed E-state index contributed by atoms with van der Waals surface area (Å²) in [6.07, 6.45) is -2.95. The zero-order valence-corrected chi connectivity index (χ0v) is 7.02. The molecular weight excluding hydrogens is 207 g/mol. The van der Waals surface area contributed by atoms with Crippen molar-refractivity contribution in [3.63, 3.8) is 0 Å². The van der Waals surface area contributed by atoms with Crippen molar-refractivity contribution in [1.82, 2.24) is 4.98 Å². The average Bonchev–Trinajstić information content (AvgIpc) is 2.09. The topological polar surface area (TPSA) is 33.1 Å². The minimum Gasteiger partial charge on any atom is -0.390 e. The quantitative estimate of drug-likeness (QED) is 0.814. The van der Waals surface area contributed by atoms with Crippen LogP contribution in [0, 0.1) is 5.82 Å². The van der Waals surface area contributed by atoms with Gasteiger partial charge in [-0.1, -0.05) is 11.6 Å². The van der Waals surface area contributed by atoms with Gasteiger partial charge in [0, 0.05) is 0 Å². The molecule has 0 fully saturated rings. The van der Waals surface area contributed by atoms with Gasteiger partial charge in [0.15, 0.2) is 0 Å². The van der Waals surface area contributed by atoms with Crippen molar-refractivity contribution in [2.24, 2.45) is 0 Å². The molecule has 0 radical (unpaired) electrons. The molecule has 1 N–H and O–H groups in total. The lowest BCUT2D eigenvalue weighted by Crippen LogP contribution is -1.99. The van der Waals surface area contributed by atoms with Crippen LogP contribution < -0.4 is 0 Å². The zero-order valence-electron chi connectivity index (χ0n) is 6.27. The first-order valence-corrected chi connectivity index (χ1v) is 3.68. The van der Waals surface area contributed by atoms with Crippen LogP contribution in [-0.2, 0) is 6.61 Å². The normalized spacial score (nSPS) is 10.9. The Morgan fingerprint density at radius 1 is 1.54 bits per heavy atom. The van der Waals surface area contributed by atoms with Gasteiger partial charge in [0.05, 0.1) is 12.3 Å². The zero-order chi connectivity index (χ0) is 10.0. The van der Waals surface area contributed by atoms with Crippen LogP contribution in [0.1, 0.15) is 17.8 Å². The molecule has 0 saturated carbocycles. The van der Waals surface area contributed by atoms with Crippen LogP contribution in [-0.4, -0.2) is 10.1 Å². The number of pyridine rings is 1. The fourth-order valence-corrected chi connectivity index (χ4v) is 0.973. The average molecular weight is 212 g/mol. The highest BCUT2D eigenvalue weighted by atomic mass is 35.5. The molecule has 72 valence electrons. The van der Waals surface area contributed by atoms with E-state index in [4.69, 9.17) is 16.7 Å². The molecule has 0 aliphatic heterocycles. The Balaban J connectivity index is 3.25. The summed E-state index contributed by atoms with van der Waals surface area (Å²) < 4.78 is 37.0. The van der Waals surface area contributed by atoms with E-state index >= 15 is 0 Å². The molecule has 0 aliphatic rings. The summed E-state index contributed by atoms with van der Waals surface area (Å²) in [6.45, 7) is -0.603. The molecule has 0 bridgehead atoms. The summed E-state index contributed by atoms with van der Waals surface area (Å²) in [5, 5.41) is 7.84. The third-order valence-corrected chi connectivity index (χ3v) is 1.73. The van der Waals surface area contributed by atoms with Crippen molar-refractivity contribution in [1.29, 1.82) is 0 Å². The molecule has 6 heteroatoms. The highest BCUT2D eigenvalue weighted by Crippen LogP contribution is 2.27. The van der Waals surface area contributed by atoms with E-state index in [1.54, 1.807) is 0 Å². The third kappa shape index (κ3) is 2.10. The first kappa shape index (κ1) is 10.3. The second-order valence-corrected chi connectivity index (χ2v) is 2.63. The van der Waals surface area contributed by atoms with Crippen molar-refractivity contribution < 1.29 is 18.3 Å². The minimum atomic E-state index is -2.95. The third-order valence-electron chi connectivity index (χ3n) is 1.36. The van der Waals surface area contributed by atoms with Crippen LogP contribution >= 0.6 is 11.6 Å². The number of aromatic nitrogens is 1. The van der Waals surface area contributed by atoms with Gasteiger partial charge in [0.2, 0.25) is 0 Å². The largest absolute Gasteiger partial charge is 0.390 e. The molecule has 0 unspecified atom stereocenters. The van der Waals surface area contributed by atoms with Crippen molar-refractivity contribution >= 4 is 11.6 Å². The van der Waals surface area contributed by atoms with Crippen molar-refractivity contribution in [2.75, 3.05) is 0 Å². The Morgan fingerprint density at radius 2 is 2.15 bits per heavy atom. The molecular formula is C7H5ClF3NO. The summed E-state index contributed by atoms with van der Waals surface area (Å²) in [7, 11) is 0. The molecule has 0 aliphatic carbocycles. The highest BCUT2D eigenvalue weighted by Gasteiger charge is 2.18. The second-order valence-electron chi connectivity index (χ2n) is 2.25. The molecule has 13 heavy (non-hydrogen) atoms. The predicted octanol–water partition coefficient (Wildman–Crippen LogP) is 2.30. The van der Waals surface area contributed by atoms with Gasteiger partial charge < -0.3 is 5.11 Å². The fourth-order valence-electron chi connectivity index (χ4n) is 0.794. The summed E-state index contributed by atoms with van der Waals surface area (Å²) in [5.74, 6) is -1.00. The van der Waals surface area contributed by atoms with Crippen LogP contribution in [0.5, 0.6) is 0 Å². The maximum atomic E-state index is 12.8. The first-order valence-electron chi connectivity index (χ1n) is 3.30. The molecule has 1 heterocycles. The number of aliphatic hydroxyl groups excluding tert-OH is 1. The SMILES string of the molecule is OCc1cc(F)c(Cl)c(C(F)F)n1. The Kier molecular flexibility index (Phi) is 3.11. The van der Waals surface area contributed by atoms with E-state index in [0.717, 1.165) is 6.07 Å². The Morgan fingerprint density at radius 3 is 2.62 bits per heavy atom. The van der Waals surface area contributed by atoms with E-state index < -0.39 is 29.6 Å². The van der Waals surface area contributed by atoms with Gasteiger partial charge in [-0.2, -0.15) is 0 Å². The second kappa shape index (κ2) is 3.93. The maximum absolute atomic E-state index is 12.8. The number of aliphatic hydroxyl groups is 1. The molecule has 0 saturated heterocycles. The van der Waals surface area contributed by atoms with E-state index in [-0.39, 0.29) is 5.69 Å². The number of halogens is 4. The summed E-state index contributed by atoms with van der Waals surface area (Å²) in [5.41, 5.74) is -1.01. The molecule has 0 atom stereocenters. The number of alkyl halides is 2. The lowest BCUT2D eigenvalue weighted by molar-refractivity contribution is 0.144.